The molecule has 0 radical (unpaired) electrons. The van der Waals surface area contributed by atoms with Crippen molar-refractivity contribution in [3.63, 3.8) is 0 Å². The fourth-order valence-corrected chi connectivity index (χ4v) is 12.8. The fourth-order valence-electron chi connectivity index (χ4n) is 6.59. The minimum absolute atomic E-state index is 0. The van der Waals surface area contributed by atoms with Crippen LogP contribution in [0, 0.1) is 20.8 Å². The molecular formula is C57H51F3S3. The molecule has 0 heterocycles. The zero-order chi connectivity index (χ0) is 41.4. The Morgan fingerprint density at radius 3 is 0.444 bits per heavy atom. The van der Waals surface area contributed by atoms with Crippen molar-refractivity contribution in [3.05, 3.63) is 271 Å². The molecule has 9 rings (SSSR count). The molecule has 0 aromatic heterocycles. The van der Waals surface area contributed by atoms with Gasteiger partial charge in [0.05, 0.1) is 32.7 Å². The van der Waals surface area contributed by atoms with Crippen LogP contribution in [0.2, 0.25) is 0 Å². The Bertz CT molecular complexity index is 2170. The Kier molecular flexibility index (Phi) is 20.2. The predicted octanol–water partition coefficient (Wildman–Crippen LogP) is 6.28. The molecule has 6 heteroatoms. The topological polar surface area (TPSA) is 0 Å². The van der Waals surface area contributed by atoms with Gasteiger partial charge in [-0.1, -0.05) is 162 Å². The van der Waals surface area contributed by atoms with E-state index in [1.165, 1.54) is 60.7 Å². The summed E-state index contributed by atoms with van der Waals surface area (Å²) >= 11 is 0. The van der Waals surface area contributed by atoms with Crippen LogP contribution in [0.3, 0.4) is 0 Å². The number of rotatable bonds is 9. The molecule has 0 saturated carbocycles. The van der Waals surface area contributed by atoms with E-state index in [0.29, 0.717) is 0 Å². The number of halogens is 3. The maximum atomic E-state index is 2.25. The Hall–Kier alpha value is -6.18. The lowest BCUT2D eigenvalue weighted by Gasteiger charge is -2.07. The molecular weight excluding hydrogens is 838 g/mol. The monoisotopic (exact) mass is 888 g/mol. The first kappa shape index (κ1) is 49.5. The van der Waals surface area contributed by atoms with Gasteiger partial charge < -0.3 is 14.1 Å². The van der Waals surface area contributed by atoms with E-state index in [2.05, 4.69) is 276 Å². The van der Waals surface area contributed by atoms with Crippen LogP contribution in [-0.4, -0.2) is 0 Å². The van der Waals surface area contributed by atoms with Crippen molar-refractivity contribution in [2.75, 3.05) is 0 Å². The van der Waals surface area contributed by atoms with Gasteiger partial charge in [-0.05, 0) is 130 Å². The van der Waals surface area contributed by atoms with E-state index in [1.54, 1.807) is 0 Å². The second kappa shape index (κ2) is 25.7. The molecule has 318 valence electrons. The first-order chi connectivity index (χ1) is 29.5. The summed E-state index contributed by atoms with van der Waals surface area (Å²) in [6.45, 7) is 6.40. The van der Waals surface area contributed by atoms with Gasteiger partial charge in [0.15, 0.2) is 44.1 Å². The van der Waals surface area contributed by atoms with Gasteiger partial charge in [-0.25, -0.2) is 0 Å². The zero-order valence-electron chi connectivity index (χ0n) is 35.6. The van der Waals surface area contributed by atoms with Crippen LogP contribution in [0.15, 0.2) is 299 Å². The number of aryl methyl sites for hydroxylation is 3. The fraction of sp³-hybridized carbons (Fsp3) is 0.0526. The molecule has 0 N–H and O–H groups in total. The third-order valence-electron chi connectivity index (χ3n) is 9.64. The lowest BCUT2D eigenvalue weighted by Crippen LogP contribution is -3.00. The molecule has 0 aliphatic carbocycles. The molecule has 0 fully saturated rings. The highest BCUT2D eigenvalue weighted by Crippen LogP contribution is 2.33. The summed E-state index contributed by atoms with van der Waals surface area (Å²) in [5.41, 5.74) is 3.91. The third kappa shape index (κ3) is 13.9. The quantitative estimate of drug-likeness (QED) is 0.150. The van der Waals surface area contributed by atoms with Crippen LogP contribution in [0.5, 0.6) is 0 Å². The largest absolute Gasteiger partial charge is 1.00 e. The summed E-state index contributed by atoms with van der Waals surface area (Å²) in [5, 5.41) is 0. The van der Waals surface area contributed by atoms with Gasteiger partial charge in [0.2, 0.25) is 0 Å². The van der Waals surface area contributed by atoms with Crippen LogP contribution in [0.1, 0.15) is 16.7 Å². The summed E-state index contributed by atoms with van der Waals surface area (Å²) in [5.74, 6) is 0. The van der Waals surface area contributed by atoms with Gasteiger partial charge in [-0.2, -0.15) is 0 Å². The normalized spacial score (nSPS) is 10.2. The molecule has 0 aliphatic rings. The van der Waals surface area contributed by atoms with Gasteiger partial charge in [-0.3, -0.25) is 0 Å². The van der Waals surface area contributed by atoms with Gasteiger partial charge in [0.1, 0.15) is 0 Å². The molecule has 0 amide bonds. The van der Waals surface area contributed by atoms with Crippen LogP contribution >= 0.6 is 0 Å². The van der Waals surface area contributed by atoms with Crippen molar-refractivity contribution in [1.82, 2.24) is 0 Å². The molecule has 0 aliphatic heterocycles. The van der Waals surface area contributed by atoms with E-state index in [1.807, 2.05) is 0 Å². The highest BCUT2D eigenvalue weighted by molar-refractivity contribution is 7.97. The minimum atomic E-state index is -0.0229. The minimum Gasteiger partial charge on any atom is -1.00 e. The van der Waals surface area contributed by atoms with Gasteiger partial charge in [-0.15, -0.1) is 0 Å². The number of hydrogen-bond acceptors (Lipinski definition) is 0. The Balaban J connectivity index is 0.000000203. The standard InChI is InChI=1S/3C19H17S.3FH/c3*1-16-12-14-19(15-13-16)20(17-8-4-2-5-9-17)18-10-6-3-7-11-18;;;/h3*2-15H,1H3;3*1H/q3*+1;;;/p-3. The second-order valence-electron chi connectivity index (χ2n) is 14.2. The maximum Gasteiger partial charge on any atom is 0.166 e. The Morgan fingerprint density at radius 1 is 0.175 bits per heavy atom. The number of benzene rings is 9. The van der Waals surface area contributed by atoms with E-state index in [0.717, 1.165) is 0 Å². The molecule has 0 bridgehead atoms. The lowest BCUT2D eigenvalue weighted by molar-refractivity contribution is -0.00100. The van der Waals surface area contributed by atoms with E-state index in [-0.39, 0.29) is 46.8 Å². The molecule has 9 aromatic rings. The summed E-state index contributed by atoms with van der Waals surface area (Å²) in [6, 6.07) is 91.1. The molecule has 0 saturated heterocycles. The van der Waals surface area contributed by atoms with Crippen LogP contribution in [-0.2, 0) is 32.7 Å². The molecule has 0 unspecified atom stereocenters. The first-order valence-corrected chi connectivity index (χ1v) is 23.9. The van der Waals surface area contributed by atoms with E-state index in [4.69, 9.17) is 0 Å². The molecule has 0 spiro atoms. The highest BCUT2D eigenvalue weighted by atomic mass is 32.2. The predicted molar refractivity (Wildman–Crippen MR) is 259 cm³/mol. The van der Waals surface area contributed by atoms with Crippen molar-refractivity contribution in [3.8, 4) is 0 Å². The zero-order valence-corrected chi connectivity index (χ0v) is 38.1. The summed E-state index contributed by atoms with van der Waals surface area (Å²) in [4.78, 5) is 12.3. The van der Waals surface area contributed by atoms with Crippen molar-refractivity contribution < 1.29 is 14.1 Å². The Morgan fingerprint density at radius 2 is 0.302 bits per heavy atom. The smallest absolute Gasteiger partial charge is 0.166 e. The Labute approximate surface area is 380 Å². The van der Waals surface area contributed by atoms with Crippen LogP contribution in [0.4, 0.5) is 0 Å². The highest BCUT2D eigenvalue weighted by Gasteiger charge is 2.30. The molecule has 0 nitrogen and oxygen atoms in total. The van der Waals surface area contributed by atoms with E-state index in [9.17, 15) is 0 Å². The molecule has 63 heavy (non-hydrogen) atoms. The first-order valence-electron chi connectivity index (χ1n) is 20.3. The van der Waals surface area contributed by atoms with E-state index >= 15 is 0 Å². The number of hydrogen-bond donors (Lipinski definition) is 0. The third-order valence-corrected chi connectivity index (χ3v) is 16.3. The van der Waals surface area contributed by atoms with Crippen LogP contribution < -0.4 is 14.1 Å². The average molecular weight is 889 g/mol. The molecule has 9 aromatic carbocycles. The average Bonchev–Trinajstić information content (AvgIpc) is 3.31. The van der Waals surface area contributed by atoms with Crippen molar-refractivity contribution in [2.45, 2.75) is 64.8 Å². The van der Waals surface area contributed by atoms with Crippen molar-refractivity contribution in [1.29, 1.82) is 0 Å². The van der Waals surface area contributed by atoms with Gasteiger partial charge in [0.25, 0.3) is 0 Å². The molecule has 0 atom stereocenters. The van der Waals surface area contributed by atoms with Gasteiger partial charge >= 0.3 is 0 Å². The van der Waals surface area contributed by atoms with Crippen molar-refractivity contribution in [2.24, 2.45) is 0 Å². The summed E-state index contributed by atoms with van der Waals surface area (Å²) < 4.78 is 0. The second-order valence-corrected chi connectivity index (χ2v) is 20.3. The van der Waals surface area contributed by atoms with Crippen LogP contribution in [0.25, 0.3) is 0 Å². The maximum absolute atomic E-state index is 2.25. The summed E-state index contributed by atoms with van der Waals surface area (Å²) in [7, 11) is -0.0687. The SMILES string of the molecule is Cc1ccc([S+](c2ccccc2)c2ccccc2)cc1.Cc1ccc([S+](c2ccccc2)c2ccccc2)cc1.Cc1ccc([S+](c2ccccc2)c2ccccc2)cc1.[F-].[F-].[F-]. The van der Waals surface area contributed by atoms with E-state index < -0.39 is 0 Å². The lowest BCUT2D eigenvalue weighted by atomic mass is 10.2. The van der Waals surface area contributed by atoms with Crippen molar-refractivity contribution >= 4 is 32.7 Å². The summed E-state index contributed by atoms with van der Waals surface area (Å²) in [6.07, 6.45) is 0. The van der Waals surface area contributed by atoms with Gasteiger partial charge in [0, 0.05) is 0 Å².